The van der Waals surface area contributed by atoms with Gasteiger partial charge >= 0.3 is 0 Å². The number of nitrogens with zero attached hydrogens (tertiary/aromatic N) is 1. The van der Waals surface area contributed by atoms with E-state index in [0.29, 0.717) is 27.6 Å². The van der Waals surface area contributed by atoms with E-state index in [1.54, 1.807) is 30.3 Å². The molecule has 3 rings (SSSR count). The second-order valence-electron chi connectivity index (χ2n) is 5.60. The Kier molecular flexibility index (Phi) is 5.09. The predicted octanol–water partition coefficient (Wildman–Crippen LogP) is 3.73. The van der Waals surface area contributed by atoms with E-state index in [-0.39, 0.29) is 18.1 Å². The predicted molar refractivity (Wildman–Crippen MR) is 102 cm³/mol. The SMILES string of the molecule is C=CCN1C(=O)C(Nc2ccc(OC)c(Cl)c2)=C(c2ccccc2)C1=O. The Hall–Kier alpha value is -3.05. The van der Waals surface area contributed by atoms with Crippen LogP contribution in [0, 0.1) is 0 Å². The number of rotatable bonds is 6. The highest BCUT2D eigenvalue weighted by molar-refractivity contribution is 6.36. The van der Waals surface area contributed by atoms with Crippen molar-refractivity contribution in [2.45, 2.75) is 0 Å². The van der Waals surface area contributed by atoms with Crippen LogP contribution in [0.5, 0.6) is 5.75 Å². The number of amides is 2. The Morgan fingerprint density at radius 1 is 1.15 bits per heavy atom. The van der Waals surface area contributed by atoms with Crippen molar-refractivity contribution in [2.24, 2.45) is 0 Å². The van der Waals surface area contributed by atoms with E-state index in [1.165, 1.54) is 13.2 Å². The van der Waals surface area contributed by atoms with Crippen LogP contribution in [-0.2, 0) is 9.59 Å². The van der Waals surface area contributed by atoms with E-state index >= 15 is 0 Å². The molecule has 26 heavy (non-hydrogen) atoms. The number of nitrogens with one attached hydrogen (secondary N) is 1. The molecule has 0 aromatic heterocycles. The highest BCUT2D eigenvalue weighted by atomic mass is 35.5. The maximum atomic E-state index is 12.8. The molecular weight excluding hydrogens is 352 g/mol. The zero-order valence-corrected chi connectivity index (χ0v) is 14.9. The van der Waals surface area contributed by atoms with Gasteiger partial charge in [-0.05, 0) is 23.8 Å². The van der Waals surface area contributed by atoms with Crippen LogP contribution in [0.15, 0.2) is 66.9 Å². The van der Waals surface area contributed by atoms with Crippen LogP contribution in [0.3, 0.4) is 0 Å². The normalized spacial score (nSPS) is 14.0. The Morgan fingerprint density at radius 2 is 1.88 bits per heavy atom. The number of carbonyl (C=O) groups is 2. The standard InChI is InChI=1S/C20H17ClN2O3/c1-3-11-23-19(24)17(13-7-5-4-6-8-13)18(20(23)25)22-14-9-10-16(26-2)15(21)12-14/h3-10,12,22H,1,11H2,2H3. The summed E-state index contributed by atoms with van der Waals surface area (Å²) in [6.45, 7) is 3.76. The summed E-state index contributed by atoms with van der Waals surface area (Å²) < 4.78 is 5.14. The van der Waals surface area contributed by atoms with Crippen molar-refractivity contribution in [1.82, 2.24) is 4.90 Å². The number of hydrogen-bond acceptors (Lipinski definition) is 4. The minimum absolute atomic E-state index is 0.141. The van der Waals surface area contributed by atoms with Crippen molar-refractivity contribution >= 4 is 34.7 Å². The average Bonchev–Trinajstić information content (AvgIpc) is 2.87. The van der Waals surface area contributed by atoms with Crippen molar-refractivity contribution in [2.75, 3.05) is 19.0 Å². The number of benzene rings is 2. The maximum absolute atomic E-state index is 12.8. The number of methoxy groups -OCH3 is 1. The smallest absolute Gasteiger partial charge is 0.278 e. The Balaban J connectivity index is 2.05. The molecule has 5 nitrogen and oxygen atoms in total. The molecule has 1 aliphatic rings. The number of halogens is 1. The van der Waals surface area contributed by atoms with Crippen LogP contribution in [0.1, 0.15) is 5.56 Å². The molecule has 2 aromatic rings. The molecule has 0 atom stereocenters. The summed E-state index contributed by atoms with van der Waals surface area (Å²) in [5.41, 5.74) is 1.79. The van der Waals surface area contributed by atoms with Gasteiger partial charge in [0.1, 0.15) is 11.4 Å². The number of anilines is 1. The fourth-order valence-electron chi connectivity index (χ4n) is 2.75. The molecule has 0 aliphatic carbocycles. The second-order valence-corrected chi connectivity index (χ2v) is 6.01. The summed E-state index contributed by atoms with van der Waals surface area (Å²) in [6.07, 6.45) is 1.52. The molecule has 0 radical (unpaired) electrons. The monoisotopic (exact) mass is 368 g/mol. The number of ether oxygens (including phenoxy) is 1. The molecule has 2 amide bonds. The molecule has 0 saturated carbocycles. The molecule has 0 fully saturated rings. The molecule has 2 aromatic carbocycles. The van der Waals surface area contributed by atoms with Gasteiger partial charge in [-0.15, -0.1) is 6.58 Å². The fourth-order valence-corrected chi connectivity index (χ4v) is 3.01. The molecule has 1 aliphatic heterocycles. The summed E-state index contributed by atoms with van der Waals surface area (Å²) >= 11 is 6.16. The molecule has 132 valence electrons. The molecule has 0 bridgehead atoms. The third-order valence-electron chi connectivity index (χ3n) is 3.96. The van der Waals surface area contributed by atoms with Gasteiger partial charge in [0.15, 0.2) is 0 Å². The summed E-state index contributed by atoms with van der Waals surface area (Å²) in [5.74, 6) is -0.236. The van der Waals surface area contributed by atoms with E-state index in [1.807, 2.05) is 18.2 Å². The zero-order valence-electron chi connectivity index (χ0n) is 14.2. The Labute approximate surface area is 156 Å². The van der Waals surface area contributed by atoms with Gasteiger partial charge in [-0.3, -0.25) is 14.5 Å². The zero-order chi connectivity index (χ0) is 18.7. The van der Waals surface area contributed by atoms with Gasteiger partial charge in [0, 0.05) is 12.2 Å². The average molecular weight is 369 g/mol. The van der Waals surface area contributed by atoms with Crippen LogP contribution < -0.4 is 10.1 Å². The molecule has 0 unspecified atom stereocenters. The van der Waals surface area contributed by atoms with Crippen molar-refractivity contribution in [3.8, 4) is 5.75 Å². The molecule has 1 N–H and O–H groups in total. The lowest BCUT2D eigenvalue weighted by Crippen LogP contribution is -2.32. The first-order chi connectivity index (χ1) is 12.6. The Bertz CT molecular complexity index is 907. The third-order valence-corrected chi connectivity index (χ3v) is 4.26. The van der Waals surface area contributed by atoms with Gasteiger partial charge in [-0.25, -0.2) is 0 Å². The lowest BCUT2D eigenvalue weighted by molar-refractivity contribution is -0.136. The number of hydrogen-bond donors (Lipinski definition) is 1. The van der Waals surface area contributed by atoms with Crippen molar-refractivity contribution in [3.63, 3.8) is 0 Å². The van der Waals surface area contributed by atoms with Gasteiger partial charge in [0.2, 0.25) is 0 Å². The molecule has 0 spiro atoms. The lowest BCUT2D eigenvalue weighted by atomic mass is 10.0. The van der Waals surface area contributed by atoms with Crippen molar-refractivity contribution < 1.29 is 14.3 Å². The first-order valence-electron chi connectivity index (χ1n) is 7.94. The summed E-state index contributed by atoms with van der Waals surface area (Å²) in [4.78, 5) is 26.7. The van der Waals surface area contributed by atoms with E-state index in [0.717, 1.165) is 4.90 Å². The van der Waals surface area contributed by atoms with Crippen molar-refractivity contribution in [3.05, 3.63) is 77.5 Å². The minimum Gasteiger partial charge on any atom is -0.495 e. The van der Waals surface area contributed by atoms with E-state index < -0.39 is 5.91 Å². The van der Waals surface area contributed by atoms with Crippen molar-refractivity contribution in [1.29, 1.82) is 0 Å². The van der Waals surface area contributed by atoms with Crippen LogP contribution in [0.4, 0.5) is 5.69 Å². The lowest BCUT2D eigenvalue weighted by Gasteiger charge is -2.13. The summed E-state index contributed by atoms with van der Waals surface area (Å²) in [6, 6.07) is 14.1. The molecular formula is C20H17ClN2O3. The first-order valence-corrected chi connectivity index (χ1v) is 8.32. The van der Waals surface area contributed by atoms with Crippen LogP contribution in [-0.4, -0.2) is 30.4 Å². The van der Waals surface area contributed by atoms with Gasteiger partial charge in [0.05, 0.1) is 17.7 Å². The van der Waals surface area contributed by atoms with Gasteiger partial charge in [0.25, 0.3) is 11.8 Å². The van der Waals surface area contributed by atoms with E-state index in [9.17, 15) is 9.59 Å². The highest BCUT2D eigenvalue weighted by Gasteiger charge is 2.38. The molecule has 1 heterocycles. The third kappa shape index (κ3) is 3.21. The summed E-state index contributed by atoms with van der Waals surface area (Å²) in [7, 11) is 1.52. The van der Waals surface area contributed by atoms with Crippen LogP contribution in [0.25, 0.3) is 5.57 Å². The number of imide groups is 1. The second kappa shape index (κ2) is 7.45. The summed E-state index contributed by atoms with van der Waals surface area (Å²) in [5, 5.41) is 3.45. The Morgan fingerprint density at radius 3 is 2.50 bits per heavy atom. The minimum atomic E-state index is -0.402. The quantitative estimate of drug-likeness (QED) is 0.623. The highest BCUT2D eigenvalue weighted by Crippen LogP contribution is 2.32. The molecule has 0 saturated heterocycles. The van der Waals surface area contributed by atoms with Crippen LogP contribution in [0.2, 0.25) is 5.02 Å². The molecule has 6 heteroatoms. The number of carbonyl (C=O) groups excluding carboxylic acids is 2. The topological polar surface area (TPSA) is 58.6 Å². The largest absolute Gasteiger partial charge is 0.495 e. The van der Waals surface area contributed by atoms with Gasteiger partial charge in [-0.2, -0.15) is 0 Å². The van der Waals surface area contributed by atoms with Crippen LogP contribution >= 0.6 is 11.6 Å². The maximum Gasteiger partial charge on any atom is 0.278 e. The van der Waals surface area contributed by atoms with E-state index in [2.05, 4.69) is 11.9 Å². The first kappa shape index (κ1) is 17.8. The fraction of sp³-hybridized carbons (Fsp3) is 0.100. The van der Waals surface area contributed by atoms with E-state index in [4.69, 9.17) is 16.3 Å². The van der Waals surface area contributed by atoms with Gasteiger partial charge in [-0.1, -0.05) is 48.0 Å². The van der Waals surface area contributed by atoms with Gasteiger partial charge < -0.3 is 10.1 Å².